The molecule has 3 heteroatoms. The lowest BCUT2D eigenvalue weighted by molar-refractivity contribution is 0.415. The van der Waals surface area contributed by atoms with Gasteiger partial charge in [0.25, 0.3) is 0 Å². The lowest BCUT2D eigenvalue weighted by atomic mass is 10.0. The van der Waals surface area contributed by atoms with Gasteiger partial charge in [-0.15, -0.1) is 12.4 Å². The van der Waals surface area contributed by atoms with E-state index in [1.807, 2.05) is 19.1 Å². The van der Waals surface area contributed by atoms with E-state index < -0.39 is 0 Å². The molecule has 0 aliphatic carbocycles. The maximum Gasteiger partial charge on any atom is 0.119 e. The van der Waals surface area contributed by atoms with Crippen molar-refractivity contribution < 1.29 is 4.74 Å². The molecule has 1 atom stereocenters. The highest BCUT2D eigenvalue weighted by molar-refractivity contribution is 5.85. The average Bonchev–Trinajstić information content (AvgIpc) is 2.27. The molecule has 0 fully saturated rings. The molecule has 0 heterocycles. The number of rotatable bonds is 2. The first-order valence-corrected chi connectivity index (χ1v) is 5.04. The molecule has 2 aromatic carbocycles. The third-order valence-corrected chi connectivity index (χ3v) is 2.60. The van der Waals surface area contributed by atoms with Gasteiger partial charge in [0, 0.05) is 6.04 Å². The van der Waals surface area contributed by atoms with Gasteiger partial charge in [0.15, 0.2) is 0 Å². The molecule has 0 spiro atoms. The number of methoxy groups -OCH3 is 1. The van der Waals surface area contributed by atoms with Gasteiger partial charge in [0.2, 0.25) is 0 Å². The van der Waals surface area contributed by atoms with Crippen molar-refractivity contribution in [2.24, 2.45) is 5.73 Å². The Balaban J connectivity index is 0.00000128. The van der Waals surface area contributed by atoms with Gasteiger partial charge >= 0.3 is 0 Å². The molecule has 86 valence electrons. The molecule has 0 aliphatic rings. The van der Waals surface area contributed by atoms with E-state index in [4.69, 9.17) is 10.5 Å². The van der Waals surface area contributed by atoms with Crippen LogP contribution in [0.5, 0.6) is 5.75 Å². The van der Waals surface area contributed by atoms with Crippen molar-refractivity contribution in [3.63, 3.8) is 0 Å². The van der Waals surface area contributed by atoms with Gasteiger partial charge in [-0.1, -0.05) is 18.2 Å². The van der Waals surface area contributed by atoms with Crippen molar-refractivity contribution in [1.82, 2.24) is 0 Å². The molecule has 2 rings (SSSR count). The van der Waals surface area contributed by atoms with Crippen molar-refractivity contribution in [3.8, 4) is 5.75 Å². The van der Waals surface area contributed by atoms with Crippen LogP contribution in [0.25, 0.3) is 10.8 Å². The van der Waals surface area contributed by atoms with Crippen LogP contribution in [-0.4, -0.2) is 7.11 Å². The number of nitrogens with two attached hydrogens (primary N) is 1. The molecule has 0 saturated carbocycles. The molecule has 16 heavy (non-hydrogen) atoms. The van der Waals surface area contributed by atoms with Gasteiger partial charge in [0.1, 0.15) is 5.75 Å². The summed E-state index contributed by atoms with van der Waals surface area (Å²) in [6.07, 6.45) is 0. The molecule has 0 saturated heterocycles. The maximum absolute atomic E-state index is 5.84. The fraction of sp³-hybridized carbons (Fsp3) is 0.231. The topological polar surface area (TPSA) is 35.2 Å². The summed E-state index contributed by atoms with van der Waals surface area (Å²) in [5, 5.41) is 2.38. The lowest BCUT2D eigenvalue weighted by Crippen LogP contribution is -2.04. The van der Waals surface area contributed by atoms with Crippen molar-refractivity contribution in [2.45, 2.75) is 13.0 Å². The van der Waals surface area contributed by atoms with Crippen molar-refractivity contribution in [2.75, 3.05) is 7.11 Å². The Morgan fingerprint density at radius 3 is 2.31 bits per heavy atom. The van der Waals surface area contributed by atoms with E-state index in [0.717, 1.165) is 11.3 Å². The minimum Gasteiger partial charge on any atom is -0.497 e. The zero-order valence-corrected chi connectivity index (χ0v) is 10.3. The van der Waals surface area contributed by atoms with Gasteiger partial charge < -0.3 is 10.5 Å². The molecule has 0 bridgehead atoms. The number of benzene rings is 2. The minimum atomic E-state index is 0. The molecule has 0 aromatic heterocycles. The molecular formula is C13H16ClNO. The summed E-state index contributed by atoms with van der Waals surface area (Å²) >= 11 is 0. The Morgan fingerprint density at radius 1 is 1.06 bits per heavy atom. The smallest absolute Gasteiger partial charge is 0.119 e. The molecule has 0 radical (unpaired) electrons. The van der Waals surface area contributed by atoms with Crippen molar-refractivity contribution in [1.29, 1.82) is 0 Å². The van der Waals surface area contributed by atoms with Crippen LogP contribution in [0.15, 0.2) is 36.4 Å². The summed E-state index contributed by atoms with van der Waals surface area (Å²) in [5.74, 6) is 0.885. The third-order valence-electron chi connectivity index (χ3n) is 2.60. The normalized spacial score (nSPS) is 11.9. The molecule has 1 unspecified atom stereocenters. The van der Waals surface area contributed by atoms with E-state index in [1.54, 1.807) is 7.11 Å². The van der Waals surface area contributed by atoms with Crippen LogP contribution in [0, 0.1) is 0 Å². The lowest BCUT2D eigenvalue weighted by Gasteiger charge is -2.08. The number of ether oxygens (including phenoxy) is 1. The summed E-state index contributed by atoms with van der Waals surface area (Å²) < 4.78 is 5.18. The fourth-order valence-corrected chi connectivity index (χ4v) is 1.65. The zero-order valence-electron chi connectivity index (χ0n) is 9.44. The number of fused-ring (bicyclic) bond motifs is 1. The SMILES string of the molecule is COc1ccc2cc(C(C)N)ccc2c1.Cl. The van der Waals surface area contributed by atoms with Gasteiger partial charge in [-0.05, 0) is 41.5 Å². The first kappa shape index (κ1) is 12.8. The van der Waals surface area contributed by atoms with Crippen LogP contribution in [0.1, 0.15) is 18.5 Å². The molecule has 2 N–H and O–H groups in total. The predicted octanol–water partition coefficient (Wildman–Crippen LogP) is 3.29. The maximum atomic E-state index is 5.84. The predicted molar refractivity (Wildman–Crippen MR) is 70.4 cm³/mol. The molecule has 2 aromatic rings. The Hall–Kier alpha value is -1.25. The van der Waals surface area contributed by atoms with Crippen molar-refractivity contribution in [3.05, 3.63) is 42.0 Å². The monoisotopic (exact) mass is 237 g/mol. The fourth-order valence-electron chi connectivity index (χ4n) is 1.65. The van der Waals surface area contributed by atoms with Crippen molar-refractivity contribution >= 4 is 23.2 Å². The van der Waals surface area contributed by atoms with Gasteiger partial charge in [0.05, 0.1) is 7.11 Å². The van der Waals surface area contributed by atoms with Crippen LogP contribution >= 0.6 is 12.4 Å². The van der Waals surface area contributed by atoms with Crippen LogP contribution in [0.3, 0.4) is 0 Å². The second kappa shape index (κ2) is 5.19. The van der Waals surface area contributed by atoms with E-state index in [1.165, 1.54) is 10.8 Å². The molecule has 0 aliphatic heterocycles. The summed E-state index contributed by atoms with van der Waals surface area (Å²) in [6.45, 7) is 1.99. The largest absolute Gasteiger partial charge is 0.497 e. The van der Waals surface area contributed by atoms with E-state index in [9.17, 15) is 0 Å². The third kappa shape index (κ3) is 2.46. The highest BCUT2D eigenvalue weighted by Gasteiger charge is 2.01. The Morgan fingerprint density at radius 2 is 1.69 bits per heavy atom. The van der Waals surface area contributed by atoms with Gasteiger partial charge in [-0.25, -0.2) is 0 Å². The molecule has 2 nitrogen and oxygen atoms in total. The second-order valence-corrected chi connectivity index (χ2v) is 3.76. The van der Waals surface area contributed by atoms with Crippen LogP contribution in [0.2, 0.25) is 0 Å². The zero-order chi connectivity index (χ0) is 10.8. The second-order valence-electron chi connectivity index (χ2n) is 3.76. The highest BCUT2D eigenvalue weighted by Crippen LogP contribution is 2.23. The first-order valence-electron chi connectivity index (χ1n) is 5.04. The Kier molecular flexibility index (Phi) is 4.16. The number of hydrogen-bond donors (Lipinski definition) is 1. The summed E-state index contributed by atoms with van der Waals surface area (Å²) in [6, 6.07) is 12.4. The van der Waals surface area contributed by atoms with Crippen LogP contribution in [-0.2, 0) is 0 Å². The first-order chi connectivity index (χ1) is 7.20. The average molecular weight is 238 g/mol. The van der Waals surface area contributed by atoms with Crippen LogP contribution in [0.4, 0.5) is 0 Å². The highest BCUT2D eigenvalue weighted by atomic mass is 35.5. The van der Waals surface area contributed by atoms with E-state index in [2.05, 4.69) is 24.3 Å². The van der Waals surface area contributed by atoms with Gasteiger partial charge in [-0.3, -0.25) is 0 Å². The number of halogens is 1. The Bertz CT molecular complexity index is 482. The summed E-state index contributed by atoms with van der Waals surface area (Å²) in [7, 11) is 1.68. The summed E-state index contributed by atoms with van der Waals surface area (Å²) in [4.78, 5) is 0. The standard InChI is InChI=1S/C13H15NO.ClH/c1-9(14)10-3-4-12-8-13(15-2)6-5-11(12)7-10;/h3-9H,14H2,1-2H3;1H. The van der Waals surface area contributed by atoms with Crippen LogP contribution < -0.4 is 10.5 Å². The molecule has 0 amide bonds. The number of hydrogen-bond acceptors (Lipinski definition) is 2. The molecular weight excluding hydrogens is 222 g/mol. The summed E-state index contributed by atoms with van der Waals surface area (Å²) in [5.41, 5.74) is 7.00. The quantitative estimate of drug-likeness (QED) is 0.870. The van der Waals surface area contributed by atoms with E-state index in [0.29, 0.717) is 0 Å². The minimum absolute atomic E-state index is 0. The van der Waals surface area contributed by atoms with Gasteiger partial charge in [-0.2, -0.15) is 0 Å². The Labute approximate surface area is 102 Å². The van der Waals surface area contributed by atoms with E-state index in [-0.39, 0.29) is 18.4 Å². The van der Waals surface area contributed by atoms with E-state index >= 15 is 0 Å².